The van der Waals surface area contributed by atoms with Gasteiger partial charge in [0, 0.05) is 25.7 Å². The Kier molecular flexibility index (Phi) is 4.57. The molecule has 6 heteroatoms. The second-order valence-corrected chi connectivity index (χ2v) is 6.65. The Morgan fingerprint density at radius 3 is 3.05 bits per heavy atom. The summed E-state index contributed by atoms with van der Waals surface area (Å²) >= 11 is 0. The molecule has 1 aliphatic carbocycles. The van der Waals surface area contributed by atoms with Crippen LogP contribution in [0, 0.1) is 5.41 Å². The normalized spacial score (nSPS) is 25.6. The summed E-state index contributed by atoms with van der Waals surface area (Å²) < 4.78 is 1.39. The molecule has 1 atom stereocenters. The highest BCUT2D eigenvalue weighted by Gasteiger charge is 2.34. The van der Waals surface area contributed by atoms with E-state index in [-0.39, 0.29) is 6.54 Å². The van der Waals surface area contributed by atoms with Gasteiger partial charge in [0.25, 0.3) is 0 Å². The van der Waals surface area contributed by atoms with Gasteiger partial charge in [0.05, 0.1) is 5.69 Å². The molecule has 1 spiro atoms. The van der Waals surface area contributed by atoms with Crippen LogP contribution >= 0.6 is 0 Å². The summed E-state index contributed by atoms with van der Waals surface area (Å²) in [5.74, 6) is -0.889. The number of hydrogen-bond acceptors (Lipinski definition) is 4. The number of nitrogens with zero attached hydrogens (tertiary/aromatic N) is 4. The van der Waals surface area contributed by atoms with Crippen LogP contribution in [0.1, 0.15) is 37.8 Å². The Labute approximate surface area is 130 Å². The number of allylic oxidation sites excluding steroid dienone is 2. The van der Waals surface area contributed by atoms with E-state index in [0.29, 0.717) is 5.41 Å². The highest BCUT2D eigenvalue weighted by molar-refractivity contribution is 5.66. The fraction of sp³-hybridized carbons (Fsp3) is 0.688. The van der Waals surface area contributed by atoms with Crippen molar-refractivity contribution in [2.45, 2.75) is 45.1 Å². The predicted molar refractivity (Wildman–Crippen MR) is 82.5 cm³/mol. The zero-order valence-corrected chi connectivity index (χ0v) is 12.9. The summed E-state index contributed by atoms with van der Waals surface area (Å²) in [4.78, 5) is 13.2. The van der Waals surface area contributed by atoms with Gasteiger partial charge in [0.2, 0.25) is 0 Å². The Morgan fingerprint density at radius 2 is 2.27 bits per heavy atom. The molecule has 3 rings (SSSR count). The summed E-state index contributed by atoms with van der Waals surface area (Å²) in [6.45, 7) is 3.21. The summed E-state index contributed by atoms with van der Waals surface area (Å²) in [5.41, 5.74) is 1.37. The lowest BCUT2D eigenvalue weighted by Crippen LogP contribution is -2.44. The number of likely N-dealkylation sites (tertiary alicyclic amines) is 1. The van der Waals surface area contributed by atoms with Gasteiger partial charge in [0.15, 0.2) is 0 Å². The Hall–Kier alpha value is -1.69. The average Bonchev–Trinajstić information content (AvgIpc) is 2.93. The molecule has 0 saturated carbocycles. The van der Waals surface area contributed by atoms with E-state index in [4.69, 9.17) is 5.11 Å². The van der Waals surface area contributed by atoms with Crippen LogP contribution in [0.3, 0.4) is 0 Å². The van der Waals surface area contributed by atoms with E-state index in [2.05, 4.69) is 27.4 Å². The average molecular weight is 304 g/mol. The minimum Gasteiger partial charge on any atom is -0.480 e. The van der Waals surface area contributed by atoms with E-state index in [1.165, 1.54) is 43.3 Å². The minimum atomic E-state index is -0.889. The first-order valence-electron chi connectivity index (χ1n) is 8.13. The third-order valence-corrected chi connectivity index (χ3v) is 4.87. The molecular formula is C16H24N4O2. The van der Waals surface area contributed by atoms with Crippen molar-refractivity contribution < 1.29 is 9.90 Å². The molecule has 1 aliphatic heterocycles. The van der Waals surface area contributed by atoms with Crippen molar-refractivity contribution >= 4 is 5.97 Å². The van der Waals surface area contributed by atoms with Crippen molar-refractivity contribution in [1.29, 1.82) is 0 Å². The third kappa shape index (κ3) is 3.74. The molecule has 1 aromatic heterocycles. The smallest absolute Gasteiger partial charge is 0.325 e. The van der Waals surface area contributed by atoms with Crippen LogP contribution in [0.4, 0.5) is 0 Å². The maximum Gasteiger partial charge on any atom is 0.325 e. The van der Waals surface area contributed by atoms with E-state index in [9.17, 15) is 4.79 Å². The molecule has 2 aliphatic rings. The SMILES string of the molecule is O=C(O)Cn1cc(CCN2CCCC3(CC=CCC3)C2)nn1. The van der Waals surface area contributed by atoms with Crippen molar-refractivity contribution in [2.24, 2.45) is 5.41 Å². The molecule has 0 bridgehead atoms. The first-order valence-corrected chi connectivity index (χ1v) is 8.13. The van der Waals surface area contributed by atoms with Gasteiger partial charge in [0.1, 0.15) is 6.54 Å². The number of piperidine rings is 1. The molecule has 6 nitrogen and oxygen atoms in total. The zero-order valence-electron chi connectivity index (χ0n) is 12.9. The van der Waals surface area contributed by atoms with Gasteiger partial charge in [-0.3, -0.25) is 4.79 Å². The third-order valence-electron chi connectivity index (χ3n) is 4.87. The Bertz CT molecular complexity index is 554. The van der Waals surface area contributed by atoms with E-state index in [1.807, 2.05) is 0 Å². The van der Waals surface area contributed by atoms with Crippen LogP contribution in [0.5, 0.6) is 0 Å². The Balaban J connectivity index is 1.51. The van der Waals surface area contributed by atoms with Gasteiger partial charge in [-0.15, -0.1) is 5.10 Å². The van der Waals surface area contributed by atoms with Gasteiger partial charge in [-0.05, 0) is 44.1 Å². The number of rotatable bonds is 5. The molecule has 0 aromatic carbocycles. The molecule has 1 fully saturated rings. The topological polar surface area (TPSA) is 71.2 Å². The van der Waals surface area contributed by atoms with E-state index in [0.717, 1.165) is 25.2 Å². The standard InChI is InChI=1S/C16H24N4O2/c21-15(22)12-20-11-14(17-18-20)5-10-19-9-4-8-16(13-19)6-2-1-3-7-16/h1-2,11H,3-10,12-13H2,(H,21,22). The van der Waals surface area contributed by atoms with E-state index >= 15 is 0 Å². The van der Waals surface area contributed by atoms with Gasteiger partial charge in [-0.2, -0.15) is 0 Å². The number of hydrogen-bond donors (Lipinski definition) is 1. The first-order chi connectivity index (χ1) is 10.7. The van der Waals surface area contributed by atoms with Crippen molar-refractivity contribution in [1.82, 2.24) is 19.9 Å². The first kappa shape index (κ1) is 15.2. The second-order valence-electron chi connectivity index (χ2n) is 6.65. The van der Waals surface area contributed by atoms with E-state index in [1.54, 1.807) is 6.20 Å². The fourth-order valence-electron chi connectivity index (χ4n) is 3.76. The molecule has 2 heterocycles. The van der Waals surface area contributed by atoms with Gasteiger partial charge in [-0.1, -0.05) is 17.4 Å². The lowest BCUT2D eigenvalue weighted by molar-refractivity contribution is -0.137. The molecule has 22 heavy (non-hydrogen) atoms. The van der Waals surface area contributed by atoms with Crippen molar-refractivity contribution in [3.63, 3.8) is 0 Å². The second kappa shape index (κ2) is 6.60. The molecule has 120 valence electrons. The van der Waals surface area contributed by atoms with Crippen LogP contribution in [-0.4, -0.2) is 50.6 Å². The van der Waals surface area contributed by atoms with Gasteiger partial charge in [-0.25, -0.2) is 4.68 Å². The predicted octanol–water partition coefficient (Wildman–Crippen LogP) is 1.73. The molecule has 0 radical (unpaired) electrons. The lowest BCUT2D eigenvalue weighted by Gasteiger charge is -2.44. The van der Waals surface area contributed by atoms with Crippen molar-refractivity contribution in [2.75, 3.05) is 19.6 Å². The molecule has 1 N–H and O–H groups in total. The summed E-state index contributed by atoms with van der Waals surface area (Å²) in [5, 5.41) is 16.7. The molecule has 1 unspecified atom stereocenters. The number of aliphatic carboxylic acids is 1. The highest BCUT2D eigenvalue weighted by atomic mass is 16.4. The molecule has 1 saturated heterocycles. The summed E-state index contributed by atoms with van der Waals surface area (Å²) in [6.07, 6.45) is 13.6. The van der Waals surface area contributed by atoms with Gasteiger partial charge >= 0.3 is 5.97 Å². The van der Waals surface area contributed by atoms with Crippen LogP contribution in [0.25, 0.3) is 0 Å². The summed E-state index contributed by atoms with van der Waals surface area (Å²) in [7, 11) is 0. The number of carboxylic acid groups (broad SMARTS) is 1. The summed E-state index contributed by atoms with van der Waals surface area (Å²) in [6, 6.07) is 0. The zero-order chi connectivity index (χ0) is 15.4. The number of carboxylic acids is 1. The van der Waals surface area contributed by atoms with Crippen molar-refractivity contribution in [3.8, 4) is 0 Å². The molecular weight excluding hydrogens is 280 g/mol. The fourth-order valence-corrected chi connectivity index (χ4v) is 3.76. The molecule has 1 aromatic rings. The maximum atomic E-state index is 10.7. The van der Waals surface area contributed by atoms with Crippen LogP contribution in [0.2, 0.25) is 0 Å². The highest BCUT2D eigenvalue weighted by Crippen LogP contribution is 2.40. The monoisotopic (exact) mass is 304 g/mol. The Morgan fingerprint density at radius 1 is 1.36 bits per heavy atom. The van der Waals surface area contributed by atoms with E-state index < -0.39 is 5.97 Å². The number of carbonyl (C=O) groups is 1. The largest absolute Gasteiger partial charge is 0.480 e. The lowest BCUT2D eigenvalue weighted by atomic mass is 9.71. The maximum absolute atomic E-state index is 10.7. The minimum absolute atomic E-state index is 0.119. The van der Waals surface area contributed by atoms with Gasteiger partial charge < -0.3 is 10.0 Å². The van der Waals surface area contributed by atoms with Crippen LogP contribution in [0.15, 0.2) is 18.3 Å². The quantitative estimate of drug-likeness (QED) is 0.839. The van der Waals surface area contributed by atoms with Crippen LogP contribution in [-0.2, 0) is 17.8 Å². The van der Waals surface area contributed by atoms with Crippen molar-refractivity contribution in [3.05, 3.63) is 24.0 Å². The molecule has 0 amide bonds. The number of aromatic nitrogens is 3. The van der Waals surface area contributed by atoms with Crippen LogP contribution < -0.4 is 0 Å².